The van der Waals surface area contributed by atoms with Crippen LogP contribution in [-0.4, -0.2) is 40.7 Å². The summed E-state index contributed by atoms with van der Waals surface area (Å²) in [5.74, 6) is 0.0820. The zero-order valence-electron chi connectivity index (χ0n) is 15.9. The molecule has 0 radical (unpaired) electrons. The van der Waals surface area contributed by atoms with Crippen LogP contribution in [0.5, 0.6) is 0 Å². The molecule has 0 spiro atoms. The van der Waals surface area contributed by atoms with Crippen LogP contribution in [0.15, 0.2) is 54.7 Å². The number of nitrogens with one attached hydrogen (secondary N) is 1. The Hall–Kier alpha value is -2.88. The summed E-state index contributed by atoms with van der Waals surface area (Å²) in [5, 5.41) is 10.8. The lowest BCUT2D eigenvalue weighted by Crippen LogP contribution is -2.41. The Bertz CT molecular complexity index is 1050. The average molecular weight is 371 g/mol. The second-order valence-electron chi connectivity index (χ2n) is 7.67. The number of aromatic nitrogens is 1. The third-order valence-corrected chi connectivity index (χ3v) is 5.82. The summed E-state index contributed by atoms with van der Waals surface area (Å²) in [6.07, 6.45) is 3.01. The summed E-state index contributed by atoms with van der Waals surface area (Å²) >= 11 is 0. The zero-order valence-corrected chi connectivity index (χ0v) is 15.9. The Morgan fingerprint density at radius 1 is 1.32 bits per heavy atom. The standard InChI is InChI=1S/C22H22BN3O2/c1-23(28)26-11-10-22(15-26,13-16-6-4-3-5-7-16)21(27)17-8-9-19-18(12-17)20(24-2)14-25-19/h3-9,12,14,25,28H,10-11,13,15H2,1H3. The number of aromatic amines is 1. The normalized spacial score (nSPS) is 19.6. The number of Topliss-reactive ketones (excluding diaryl/α,β-unsaturated/α-hetero) is 1. The van der Waals surface area contributed by atoms with Crippen molar-refractivity contribution in [2.75, 3.05) is 13.1 Å². The van der Waals surface area contributed by atoms with Crippen LogP contribution in [0.1, 0.15) is 22.3 Å². The number of carbonyl (C=O) groups excluding carboxylic acids is 1. The van der Waals surface area contributed by atoms with Crippen LogP contribution in [0.2, 0.25) is 6.82 Å². The van der Waals surface area contributed by atoms with Crippen molar-refractivity contribution in [3.63, 3.8) is 0 Å². The highest BCUT2D eigenvalue weighted by molar-refractivity contribution is 6.45. The summed E-state index contributed by atoms with van der Waals surface area (Å²) in [6.45, 7) is 10.3. The van der Waals surface area contributed by atoms with Crippen molar-refractivity contribution in [1.82, 2.24) is 9.79 Å². The van der Waals surface area contributed by atoms with Crippen LogP contribution < -0.4 is 0 Å². The molecular formula is C22H22BN3O2. The highest BCUT2D eigenvalue weighted by Crippen LogP contribution is 2.39. The molecular weight excluding hydrogens is 349 g/mol. The van der Waals surface area contributed by atoms with Crippen molar-refractivity contribution >= 4 is 29.4 Å². The summed E-state index contributed by atoms with van der Waals surface area (Å²) in [5.41, 5.74) is 2.55. The molecule has 0 saturated carbocycles. The van der Waals surface area contributed by atoms with E-state index in [1.807, 2.05) is 53.3 Å². The fraction of sp³-hybridized carbons (Fsp3) is 0.273. The minimum Gasteiger partial charge on any atom is -0.437 e. The quantitative estimate of drug-likeness (QED) is 0.406. The van der Waals surface area contributed by atoms with E-state index in [0.29, 0.717) is 37.2 Å². The van der Waals surface area contributed by atoms with E-state index in [1.165, 1.54) is 0 Å². The largest absolute Gasteiger partial charge is 0.437 e. The number of hydrogen-bond donors (Lipinski definition) is 2. The number of carbonyl (C=O) groups is 1. The molecule has 5 nitrogen and oxygen atoms in total. The highest BCUT2D eigenvalue weighted by Gasteiger charge is 2.46. The maximum absolute atomic E-state index is 13.7. The number of benzene rings is 2. The summed E-state index contributed by atoms with van der Waals surface area (Å²) in [6, 6.07) is 15.6. The second-order valence-corrected chi connectivity index (χ2v) is 7.67. The number of hydrogen-bond acceptors (Lipinski definition) is 3. The van der Waals surface area contributed by atoms with Crippen LogP contribution in [0.3, 0.4) is 0 Å². The van der Waals surface area contributed by atoms with E-state index >= 15 is 0 Å². The van der Waals surface area contributed by atoms with E-state index < -0.39 is 12.5 Å². The van der Waals surface area contributed by atoms with Crippen molar-refractivity contribution in [2.45, 2.75) is 19.7 Å². The smallest absolute Gasteiger partial charge is 0.376 e. The zero-order chi connectivity index (χ0) is 19.7. The summed E-state index contributed by atoms with van der Waals surface area (Å²) < 4.78 is 0. The van der Waals surface area contributed by atoms with E-state index in [0.717, 1.165) is 16.5 Å². The van der Waals surface area contributed by atoms with Gasteiger partial charge in [0.25, 0.3) is 0 Å². The SMILES string of the molecule is [C-]#[N+]c1c[nH]c2ccc(C(=O)C3(Cc4ccccc4)CCN(B(C)O)C3)cc12. The average Bonchev–Trinajstić information content (AvgIpc) is 3.32. The minimum absolute atomic E-state index is 0.0820. The predicted molar refractivity (Wildman–Crippen MR) is 111 cm³/mol. The minimum atomic E-state index is -0.583. The van der Waals surface area contributed by atoms with Crippen molar-refractivity contribution in [1.29, 1.82) is 0 Å². The molecule has 6 heteroatoms. The van der Waals surface area contributed by atoms with E-state index in [2.05, 4.69) is 9.83 Å². The monoisotopic (exact) mass is 371 g/mol. The molecule has 4 rings (SSSR count). The second kappa shape index (κ2) is 7.27. The van der Waals surface area contributed by atoms with Gasteiger partial charge in [0.15, 0.2) is 5.78 Å². The molecule has 1 fully saturated rings. The molecule has 1 aromatic heterocycles. The molecule has 1 atom stereocenters. The molecule has 0 bridgehead atoms. The number of rotatable bonds is 5. The topological polar surface area (TPSA) is 60.7 Å². The van der Waals surface area contributed by atoms with Gasteiger partial charge in [0.1, 0.15) is 0 Å². The van der Waals surface area contributed by atoms with Gasteiger partial charge in [-0.1, -0.05) is 36.4 Å². The summed E-state index contributed by atoms with van der Waals surface area (Å²) in [4.78, 5) is 22.3. The van der Waals surface area contributed by atoms with Gasteiger partial charge in [-0.3, -0.25) is 4.79 Å². The molecule has 2 N–H and O–H groups in total. The lowest BCUT2D eigenvalue weighted by molar-refractivity contribution is 0.0807. The van der Waals surface area contributed by atoms with Gasteiger partial charge >= 0.3 is 7.05 Å². The lowest BCUT2D eigenvalue weighted by atomic mass is 9.74. The first kappa shape index (κ1) is 18.5. The van der Waals surface area contributed by atoms with Gasteiger partial charge in [0.2, 0.25) is 5.69 Å². The van der Waals surface area contributed by atoms with Crippen molar-refractivity contribution < 1.29 is 9.82 Å². The Labute approximate surface area is 164 Å². The van der Waals surface area contributed by atoms with Crippen molar-refractivity contribution in [3.05, 3.63) is 77.3 Å². The van der Waals surface area contributed by atoms with Gasteiger partial charge in [-0.25, -0.2) is 4.85 Å². The number of ketones is 1. The first-order valence-corrected chi connectivity index (χ1v) is 9.52. The van der Waals surface area contributed by atoms with E-state index in [-0.39, 0.29) is 5.78 Å². The number of nitrogens with zero attached hydrogens (tertiary/aromatic N) is 2. The third-order valence-electron chi connectivity index (χ3n) is 5.82. The van der Waals surface area contributed by atoms with Gasteiger partial charge in [-0.15, -0.1) is 0 Å². The molecule has 1 aliphatic rings. The van der Waals surface area contributed by atoms with E-state index in [9.17, 15) is 9.82 Å². The van der Waals surface area contributed by atoms with Gasteiger partial charge in [-0.05, 0) is 43.9 Å². The molecule has 0 aliphatic carbocycles. The molecule has 1 unspecified atom stereocenters. The molecule has 28 heavy (non-hydrogen) atoms. The molecule has 2 heterocycles. The Kier molecular flexibility index (Phi) is 4.80. The Morgan fingerprint density at radius 3 is 2.79 bits per heavy atom. The van der Waals surface area contributed by atoms with Gasteiger partial charge in [0, 0.05) is 29.2 Å². The van der Waals surface area contributed by atoms with Crippen molar-refractivity contribution in [2.24, 2.45) is 5.41 Å². The molecule has 140 valence electrons. The van der Waals surface area contributed by atoms with Gasteiger partial charge < -0.3 is 14.8 Å². The molecule has 0 amide bonds. The van der Waals surface area contributed by atoms with Crippen molar-refractivity contribution in [3.8, 4) is 0 Å². The van der Waals surface area contributed by atoms with Crippen LogP contribution in [0.4, 0.5) is 5.69 Å². The first-order chi connectivity index (χ1) is 13.5. The first-order valence-electron chi connectivity index (χ1n) is 9.52. The van der Waals surface area contributed by atoms with Gasteiger partial charge in [-0.2, -0.15) is 0 Å². The predicted octanol–water partition coefficient (Wildman–Crippen LogP) is 3.95. The molecule has 1 saturated heterocycles. The van der Waals surface area contributed by atoms with Crippen LogP contribution in [0, 0.1) is 12.0 Å². The Morgan fingerprint density at radius 2 is 2.11 bits per heavy atom. The molecule has 2 aromatic carbocycles. The summed E-state index contributed by atoms with van der Waals surface area (Å²) in [7, 11) is -0.577. The maximum atomic E-state index is 13.7. The van der Waals surface area contributed by atoms with Crippen LogP contribution >= 0.6 is 0 Å². The maximum Gasteiger partial charge on any atom is 0.376 e. The molecule has 3 aromatic rings. The number of fused-ring (bicyclic) bond motifs is 1. The van der Waals surface area contributed by atoms with E-state index in [4.69, 9.17) is 6.57 Å². The number of H-pyrrole nitrogens is 1. The fourth-order valence-electron chi connectivity index (χ4n) is 4.27. The highest BCUT2D eigenvalue weighted by atomic mass is 16.2. The Balaban J connectivity index is 1.74. The van der Waals surface area contributed by atoms with Crippen LogP contribution in [0.25, 0.3) is 15.7 Å². The van der Waals surface area contributed by atoms with E-state index in [1.54, 1.807) is 13.0 Å². The van der Waals surface area contributed by atoms with Gasteiger partial charge in [0.05, 0.1) is 12.0 Å². The fourth-order valence-corrected chi connectivity index (χ4v) is 4.27. The van der Waals surface area contributed by atoms with Crippen LogP contribution in [-0.2, 0) is 6.42 Å². The lowest BCUT2D eigenvalue weighted by Gasteiger charge is -2.29. The molecule has 1 aliphatic heterocycles. The third kappa shape index (κ3) is 3.24.